The van der Waals surface area contributed by atoms with E-state index >= 15 is 0 Å². The Kier molecular flexibility index (Phi) is 6.85. The zero-order valence-electron chi connectivity index (χ0n) is 16.2. The number of nitrogens with zero attached hydrogens (tertiary/aromatic N) is 2. The van der Waals surface area contributed by atoms with Crippen molar-refractivity contribution in [2.75, 3.05) is 18.9 Å². The van der Waals surface area contributed by atoms with Gasteiger partial charge in [-0.25, -0.2) is 4.79 Å². The summed E-state index contributed by atoms with van der Waals surface area (Å²) in [5.74, 6) is 0.800. The summed E-state index contributed by atoms with van der Waals surface area (Å²) in [6.07, 6.45) is 0. The molecule has 0 radical (unpaired) electrons. The minimum Gasteiger partial charge on any atom is -0.361 e. The first-order chi connectivity index (χ1) is 12.7. The number of hydrogen-bond donors (Lipinski definition) is 2. The van der Waals surface area contributed by atoms with Crippen molar-refractivity contribution in [1.29, 1.82) is 0 Å². The zero-order valence-corrected chi connectivity index (χ0v) is 17.0. The van der Waals surface area contributed by atoms with Crippen molar-refractivity contribution in [2.24, 2.45) is 5.92 Å². The number of anilines is 1. The lowest BCUT2D eigenvalue weighted by atomic mass is 10.1. The predicted molar refractivity (Wildman–Crippen MR) is 105 cm³/mol. The first-order valence-corrected chi connectivity index (χ1v) is 9.08. The lowest BCUT2D eigenvalue weighted by molar-refractivity contribution is 0.0949. The standard InChI is InChI=1S/C19H25ClN4O3/c1-11(2)9-21-18(25)15-7-6-14(8-17(15)20)22-19(26)24(5)10-16-12(3)23-27-13(16)4/h6-8,11H,9-10H2,1-5H3,(H,21,25)(H,22,26). The smallest absolute Gasteiger partial charge is 0.321 e. The number of halogens is 1. The fourth-order valence-corrected chi connectivity index (χ4v) is 2.69. The van der Waals surface area contributed by atoms with E-state index in [0.717, 1.165) is 11.3 Å². The Bertz CT molecular complexity index is 813. The van der Waals surface area contributed by atoms with Gasteiger partial charge in [0.1, 0.15) is 5.76 Å². The van der Waals surface area contributed by atoms with E-state index in [1.807, 2.05) is 27.7 Å². The Morgan fingerprint density at radius 1 is 1.30 bits per heavy atom. The molecule has 0 bridgehead atoms. The minimum atomic E-state index is -0.303. The van der Waals surface area contributed by atoms with Gasteiger partial charge in [-0.3, -0.25) is 4.79 Å². The van der Waals surface area contributed by atoms with Crippen LogP contribution >= 0.6 is 11.6 Å². The summed E-state index contributed by atoms with van der Waals surface area (Å²) in [6.45, 7) is 8.61. The topological polar surface area (TPSA) is 87.5 Å². The number of urea groups is 1. The van der Waals surface area contributed by atoms with E-state index < -0.39 is 0 Å². The molecule has 2 aromatic rings. The summed E-state index contributed by atoms with van der Waals surface area (Å²) < 4.78 is 5.12. The van der Waals surface area contributed by atoms with E-state index in [1.165, 1.54) is 4.90 Å². The molecular formula is C19H25ClN4O3. The summed E-state index contributed by atoms with van der Waals surface area (Å²) >= 11 is 6.21. The van der Waals surface area contributed by atoms with Gasteiger partial charge in [-0.15, -0.1) is 0 Å². The molecule has 146 valence electrons. The molecule has 1 aromatic carbocycles. The second-order valence-electron chi connectivity index (χ2n) is 6.89. The number of carbonyl (C=O) groups excluding carboxylic acids is 2. The molecule has 0 unspecified atom stereocenters. The van der Waals surface area contributed by atoms with Crippen molar-refractivity contribution in [3.63, 3.8) is 0 Å². The van der Waals surface area contributed by atoms with Crippen LogP contribution in [0.4, 0.5) is 10.5 Å². The summed E-state index contributed by atoms with van der Waals surface area (Å²) in [5, 5.41) is 9.76. The van der Waals surface area contributed by atoms with Crippen LogP contribution in [0.25, 0.3) is 0 Å². The average Bonchev–Trinajstić information content (AvgIpc) is 2.91. The third-order valence-corrected chi connectivity index (χ3v) is 4.37. The number of rotatable bonds is 6. The second-order valence-corrected chi connectivity index (χ2v) is 7.29. The monoisotopic (exact) mass is 392 g/mol. The van der Waals surface area contributed by atoms with Gasteiger partial charge in [0.2, 0.25) is 0 Å². The summed E-state index contributed by atoms with van der Waals surface area (Å²) in [6, 6.07) is 4.51. The van der Waals surface area contributed by atoms with Gasteiger partial charge in [-0.2, -0.15) is 0 Å². The van der Waals surface area contributed by atoms with Crippen molar-refractivity contribution >= 4 is 29.2 Å². The molecule has 7 nitrogen and oxygen atoms in total. The third kappa shape index (κ3) is 5.47. The van der Waals surface area contributed by atoms with Gasteiger partial charge in [0.05, 0.1) is 22.8 Å². The number of benzene rings is 1. The number of aromatic nitrogens is 1. The van der Waals surface area contributed by atoms with E-state index in [1.54, 1.807) is 25.2 Å². The van der Waals surface area contributed by atoms with Gasteiger partial charge >= 0.3 is 6.03 Å². The normalized spacial score (nSPS) is 10.8. The van der Waals surface area contributed by atoms with Crippen LogP contribution in [0.15, 0.2) is 22.7 Å². The van der Waals surface area contributed by atoms with E-state index in [0.29, 0.717) is 36.0 Å². The second kappa shape index (κ2) is 8.90. The molecule has 2 N–H and O–H groups in total. The van der Waals surface area contributed by atoms with Gasteiger partial charge < -0.3 is 20.1 Å². The lowest BCUT2D eigenvalue weighted by Crippen LogP contribution is -2.31. The molecule has 0 fully saturated rings. The van der Waals surface area contributed by atoms with Crippen LogP contribution in [-0.4, -0.2) is 35.6 Å². The molecule has 1 aromatic heterocycles. The van der Waals surface area contributed by atoms with Gasteiger partial charge in [0.25, 0.3) is 5.91 Å². The highest BCUT2D eigenvalue weighted by atomic mass is 35.5. The van der Waals surface area contributed by atoms with E-state index in [-0.39, 0.29) is 17.0 Å². The first-order valence-electron chi connectivity index (χ1n) is 8.70. The van der Waals surface area contributed by atoms with E-state index in [4.69, 9.17) is 16.1 Å². The maximum atomic E-state index is 12.4. The number of carbonyl (C=O) groups is 2. The molecule has 27 heavy (non-hydrogen) atoms. The molecule has 0 atom stereocenters. The quantitative estimate of drug-likeness (QED) is 0.777. The fraction of sp³-hybridized carbons (Fsp3) is 0.421. The van der Waals surface area contributed by atoms with Crippen molar-refractivity contribution in [3.05, 3.63) is 45.8 Å². The predicted octanol–water partition coefficient (Wildman–Crippen LogP) is 3.99. The molecule has 2 rings (SSSR count). The van der Waals surface area contributed by atoms with E-state index in [9.17, 15) is 9.59 Å². The molecule has 0 saturated heterocycles. The molecular weight excluding hydrogens is 368 g/mol. The van der Waals surface area contributed by atoms with Crippen LogP contribution < -0.4 is 10.6 Å². The van der Waals surface area contributed by atoms with Crippen molar-refractivity contribution < 1.29 is 14.1 Å². The highest BCUT2D eigenvalue weighted by molar-refractivity contribution is 6.34. The Balaban J connectivity index is 2.01. The van der Waals surface area contributed by atoms with Crippen LogP contribution in [0, 0.1) is 19.8 Å². The Morgan fingerprint density at radius 2 is 2.00 bits per heavy atom. The van der Waals surface area contributed by atoms with Gasteiger partial charge in [-0.1, -0.05) is 30.6 Å². The van der Waals surface area contributed by atoms with Crippen LogP contribution in [-0.2, 0) is 6.54 Å². The Morgan fingerprint density at radius 3 is 2.56 bits per heavy atom. The fourth-order valence-electron chi connectivity index (χ4n) is 2.42. The number of amides is 3. The maximum Gasteiger partial charge on any atom is 0.321 e. The molecule has 8 heteroatoms. The number of hydrogen-bond acceptors (Lipinski definition) is 4. The Labute approximate surface area is 164 Å². The minimum absolute atomic E-state index is 0.234. The number of nitrogens with one attached hydrogen (secondary N) is 2. The maximum absolute atomic E-state index is 12.4. The molecule has 0 spiro atoms. The highest BCUT2D eigenvalue weighted by Gasteiger charge is 2.17. The van der Waals surface area contributed by atoms with Crippen LogP contribution in [0.3, 0.4) is 0 Å². The summed E-state index contributed by atoms with van der Waals surface area (Å²) in [5.41, 5.74) is 2.52. The third-order valence-electron chi connectivity index (χ3n) is 4.06. The molecule has 0 saturated carbocycles. The SMILES string of the molecule is Cc1noc(C)c1CN(C)C(=O)Nc1ccc(C(=O)NCC(C)C)c(Cl)c1. The Hall–Kier alpha value is -2.54. The summed E-state index contributed by atoms with van der Waals surface area (Å²) in [4.78, 5) is 26.1. The summed E-state index contributed by atoms with van der Waals surface area (Å²) in [7, 11) is 1.68. The van der Waals surface area contributed by atoms with E-state index in [2.05, 4.69) is 15.8 Å². The molecule has 0 aliphatic carbocycles. The van der Waals surface area contributed by atoms with Crippen LogP contribution in [0.1, 0.15) is 41.2 Å². The number of aryl methyl sites for hydroxylation is 2. The zero-order chi connectivity index (χ0) is 20.1. The largest absolute Gasteiger partial charge is 0.361 e. The van der Waals surface area contributed by atoms with Gasteiger partial charge in [0, 0.05) is 24.8 Å². The van der Waals surface area contributed by atoms with Gasteiger partial charge in [-0.05, 0) is 38.0 Å². The lowest BCUT2D eigenvalue weighted by Gasteiger charge is -2.18. The molecule has 0 aliphatic heterocycles. The average molecular weight is 393 g/mol. The van der Waals surface area contributed by atoms with Crippen molar-refractivity contribution in [1.82, 2.24) is 15.4 Å². The molecule has 3 amide bonds. The first kappa shape index (κ1) is 20.8. The molecule has 1 heterocycles. The molecule has 0 aliphatic rings. The highest BCUT2D eigenvalue weighted by Crippen LogP contribution is 2.22. The van der Waals surface area contributed by atoms with Gasteiger partial charge in [0.15, 0.2) is 0 Å². The van der Waals surface area contributed by atoms with Crippen LogP contribution in [0.2, 0.25) is 5.02 Å². The van der Waals surface area contributed by atoms with Crippen molar-refractivity contribution in [3.8, 4) is 0 Å². The van der Waals surface area contributed by atoms with Crippen LogP contribution in [0.5, 0.6) is 0 Å². The van der Waals surface area contributed by atoms with Crippen molar-refractivity contribution in [2.45, 2.75) is 34.2 Å².